The highest BCUT2D eigenvalue weighted by Crippen LogP contribution is 2.53. The molecule has 0 atom stereocenters. The number of benzene rings is 9. The van der Waals surface area contributed by atoms with Crippen molar-refractivity contribution in [2.24, 2.45) is 5.41 Å². The summed E-state index contributed by atoms with van der Waals surface area (Å²) in [6.07, 6.45) is 1.93. The first-order chi connectivity index (χ1) is 43.5. The van der Waals surface area contributed by atoms with Gasteiger partial charge >= 0.3 is 0 Å². The minimum atomic E-state index is -0.432. The first-order valence-electron chi connectivity index (χ1n) is 33.3. The zero-order chi connectivity index (χ0) is 65.4. The molecule has 9 aromatic carbocycles. The molecule has 12 aromatic rings. The maximum absolute atomic E-state index is 9.49. The molecule has 1 aliphatic rings. The van der Waals surface area contributed by atoms with E-state index in [0.29, 0.717) is 23.7 Å². The normalized spacial score (nSPS) is 14.1. The van der Waals surface area contributed by atoms with Crippen LogP contribution in [0, 0.1) is 5.41 Å². The second kappa shape index (κ2) is 21.2. The van der Waals surface area contributed by atoms with Crippen molar-refractivity contribution in [3.8, 4) is 50.7 Å². The summed E-state index contributed by atoms with van der Waals surface area (Å²) in [6, 6.07) is 56.2. The number of aromatic nitrogens is 2. The average molecular weight is 1150 g/mol. The van der Waals surface area contributed by atoms with Gasteiger partial charge in [0.15, 0.2) is 0 Å². The second-order valence-corrected chi connectivity index (χ2v) is 28.2. The van der Waals surface area contributed by atoms with Crippen molar-refractivity contribution in [2.75, 3.05) is 16.5 Å². The van der Waals surface area contributed by atoms with Crippen LogP contribution in [0.5, 0.6) is 11.5 Å². The molecule has 0 saturated carbocycles. The van der Waals surface area contributed by atoms with Crippen LogP contribution >= 0.6 is 0 Å². The van der Waals surface area contributed by atoms with Crippen molar-refractivity contribution >= 4 is 66.5 Å². The van der Waals surface area contributed by atoms with E-state index in [1.165, 1.54) is 33.4 Å². The Morgan fingerprint density at radius 1 is 0.517 bits per heavy atom. The highest BCUT2D eigenvalue weighted by atomic mass is 16.5. The lowest BCUT2D eigenvalue weighted by Gasteiger charge is -2.39. The summed E-state index contributed by atoms with van der Waals surface area (Å²) < 4.78 is 62.1. The first kappa shape index (κ1) is 51.4. The maximum atomic E-state index is 9.49. The number of rotatable bonds is 11. The number of nitrogens with zero attached hydrogens (tertiary/aromatic N) is 4. The molecule has 0 radical (unpaired) electrons. The Morgan fingerprint density at radius 2 is 1.15 bits per heavy atom. The zero-order valence-corrected chi connectivity index (χ0v) is 53.1. The Hall–Kier alpha value is -8.87. The molecule has 0 aliphatic carbocycles. The molecule has 0 fully saturated rings. The van der Waals surface area contributed by atoms with E-state index in [2.05, 4.69) is 252 Å². The van der Waals surface area contributed by atoms with Crippen molar-refractivity contribution in [3.63, 3.8) is 0 Å². The van der Waals surface area contributed by atoms with E-state index in [4.69, 9.17) is 18.3 Å². The van der Waals surface area contributed by atoms with Gasteiger partial charge in [-0.2, -0.15) is 0 Å². The van der Waals surface area contributed by atoms with Crippen molar-refractivity contribution in [2.45, 2.75) is 132 Å². The number of pyridine rings is 1. The minimum absolute atomic E-state index is 0.0426. The summed E-state index contributed by atoms with van der Waals surface area (Å²) in [5.41, 5.74) is 17.1. The van der Waals surface area contributed by atoms with Gasteiger partial charge in [0.2, 0.25) is 0 Å². The fourth-order valence-corrected chi connectivity index (χ4v) is 12.8. The molecule has 0 unspecified atom stereocenters. The number of hydrogen-bond donors (Lipinski definition) is 0. The van der Waals surface area contributed by atoms with Gasteiger partial charge in [0.05, 0.1) is 40.3 Å². The molecule has 6 nitrogen and oxygen atoms in total. The lowest BCUT2D eigenvalue weighted by molar-refractivity contribution is 0.225. The van der Waals surface area contributed by atoms with Crippen LogP contribution in [0.2, 0.25) is 0 Å². The number of furan rings is 1. The van der Waals surface area contributed by atoms with Gasteiger partial charge in [0.25, 0.3) is 0 Å². The van der Waals surface area contributed by atoms with Gasteiger partial charge < -0.3 is 19.0 Å². The summed E-state index contributed by atoms with van der Waals surface area (Å²) in [5, 5.41) is 4.13. The molecule has 4 heterocycles. The topological polar surface area (TPSA) is 46.7 Å². The maximum Gasteiger partial charge on any atom is 0.145 e. The van der Waals surface area contributed by atoms with Gasteiger partial charge in [-0.3, -0.25) is 4.57 Å². The molecule has 0 saturated heterocycles. The molecule has 438 valence electrons. The molecular formula is C81H82N4O2. The van der Waals surface area contributed by atoms with E-state index in [1.807, 2.05) is 36.5 Å². The number of hydrogen-bond acceptors (Lipinski definition) is 5. The van der Waals surface area contributed by atoms with Gasteiger partial charge in [0, 0.05) is 51.3 Å². The van der Waals surface area contributed by atoms with E-state index in [9.17, 15) is 2.74 Å². The smallest absolute Gasteiger partial charge is 0.145 e. The van der Waals surface area contributed by atoms with Crippen LogP contribution in [0.25, 0.3) is 82.9 Å². The molecule has 87 heavy (non-hydrogen) atoms. The van der Waals surface area contributed by atoms with Crippen LogP contribution in [0.15, 0.2) is 205 Å². The van der Waals surface area contributed by atoms with Crippen LogP contribution in [0.3, 0.4) is 0 Å². The van der Waals surface area contributed by atoms with Crippen molar-refractivity contribution in [1.29, 1.82) is 0 Å². The quantitative estimate of drug-likeness (QED) is 0.129. The van der Waals surface area contributed by atoms with Crippen LogP contribution in [0.4, 0.5) is 22.7 Å². The lowest BCUT2D eigenvalue weighted by atomic mass is 9.65. The van der Waals surface area contributed by atoms with Gasteiger partial charge in [-0.05, 0) is 150 Å². The summed E-state index contributed by atoms with van der Waals surface area (Å²) in [5.74, 6) is 2.49. The number of para-hydroxylation sites is 4. The Labute approximate surface area is 522 Å². The highest BCUT2D eigenvalue weighted by Gasteiger charge is 2.36. The van der Waals surface area contributed by atoms with Gasteiger partial charge in [-0.25, -0.2) is 4.98 Å². The third-order valence-corrected chi connectivity index (χ3v) is 18.7. The van der Waals surface area contributed by atoms with Crippen LogP contribution in [0.1, 0.15) is 150 Å². The second-order valence-electron chi connectivity index (χ2n) is 28.2. The Bertz CT molecular complexity index is 4860. The molecule has 6 heteroatoms. The van der Waals surface area contributed by atoms with E-state index >= 15 is 0 Å². The van der Waals surface area contributed by atoms with Gasteiger partial charge in [-0.1, -0.05) is 219 Å². The predicted molar refractivity (Wildman–Crippen MR) is 369 cm³/mol. The van der Waals surface area contributed by atoms with E-state index < -0.39 is 6.04 Å². The molecule has 0 bridgehead atoms. The molecule has 0 spiro atoms. The third kappa shape index (κ3) is 10.1. The first-order valence-corrected chi connectivity index (χ1v) is 30.8. The molecule has 13 rings (SSSR count). The monoisotopic (exact) mass is 1150 g/mol. The standard InChI is InChI=1S/C81H82N4O2/c1-50(2)61-28-23-29-62(51(3)4)74(61)54-43-58(83-49-84(69-33-21-20-32-68(69)83)76-63(52-25-17-16-18-26-52)30-24-31-64(76)53-41-56(78(5,6)7)45-57(42-53)79(8,9)10)47-60(44-54)86-59-35-36-67-71(48-59)85(73-46-55(39-40-82-73)81(14,15)80(11,12)13)70-38-37-66-65-27-19-22-34-72(65)87-77(66)75(67)70/h16-48,50-51H,49H2,1-15H3/i16D,17D,18D,25D,26D. The third-order valence-electron chi connectivity index (χ3n) is 18.7. The molecule has 0 N–H and O–H groups in total. The van der Waals surface area contributed by atoms with Crippen molar-refractivity contribution < 1.29 is 16.0 Å². The minimum Gasteiger partial charge on any atom is -0.457 e. The molecule has 1 aliphatic heterocycles. The van der Waals surface area contributed by atoms with Crippen LogP contribution in [-0.4, -0.2) is 16.2 Å². The SMILES string of the molecule is [2H]c1c([2H])c([2H])c(-c2cccc(-c3cc(C(C)(C)C)cc(C(C)(C)C)c3)c2N2CN(c3cc(Oc4ccc5c6c7oc8ccccc8c7ccc6n(-c6cc(C(C)(C)C(C)(C)C)ccn6)c5c4)cc(-c4c(C(C)C)cccc4C(C)C)c3)c3ccccc32)c([2H])c1[2H]. The lowest BCUT2D eigenvalue weighted by Crippen LogP contribution is -2.34. The number of fused-ring (bicyclic) bond motifs is 8. The predicted octanol–water partition coefficient (Wildman–Crippen LogP) is 23.3. The summed E-state index contributed by atoms with van der Waals surface area (Å²) in [6.45, 7) is 34.2. The van der Waals surface area contributed by atoms with Gasteiger partial charge in [-0.15, -0.1) is 0 Å². The highest BCUT2D eigenvalue weighted by molar-refractivity contribution is 6.24. The average Bonchev–Trinajstić information content (AvgIpc) is 1.54. The summed E-state index contributed by atoms with van der Waals surface area (Å²) >= 11 is 0. The summed E-state index contributed by atoms with van der Waals surface area (Å²) in [4.78, 5) is 9.73. The van der Waals surface area contributed by atoms with Crippen molar-refractivity contribution in [1.82, 2.24) is 9.55 Å². The van der Waals surface area contributed by atoms with Crippen LogP contribution in [-0.2, 0) is 16.2 Å². The van der Waals surface area contributed by atoms with Crippen molar-refractivity contribution in [3.05, 3.63) is 228 Å². The molecule has 3 aromatic heterocycles. The Kier molecular flexibility index (Phi) is 12.5. The number of anilines is 4. The largest absolute Gasteiger partial charge is 0.457 e. The Morgan fingerprint density at radius 3 is 1.82 bits per heavy atom. The zero-order valence-electron chi connectivity index (χ0n) is 58.1. The fourth-order valence-electron chi connectivity index (χ4n) is 12.8. The summed E-state index contributed by atoms with van der Waals surface area (Å²) in [7, 11) is 0. The van der Waals surface area contributed by atoms with E-state index in [-0.39, 0.29) is 63.2 Å². The van der Waals surface area contributed by atoms with Gasteiger partial charge in [0.1, 0.15) is 35.2 Å². The van der Waals surface area contributed by atoms with E-state index in [0.717, 1.165) is 89.0 Å². The molecule has 0 amide bonds. The number of ether oxygens (including phenoxy) is 1. The molecular weight excluding hydrogens is 1060 g/mol. The fraction of sp³-hybridized carbons (Fsp3) is 0.272. The Balaban J connectivity index is 1.03. The van der Waals surface area contributed by atoms with Crippen LogP contribution < -0.4 is 14.5 Å². The van der Waals surface area contributed by atoms with E-state index in [1.54, 1.807) is 0 Å².